The standard InChI is InChI=1S/C15H13NO5/c1-21-13-6-5-10(15(19)20)8-12(13)16-14(18)9-3-2-4-11(17)7-9/h2-8,17H,1H3,(H,16,18)(H,19,20). The fourth-order valence-corrected chi connectivity index (χ4v) is 1.78. The predicted octanol–water partition coefficient (Wildman–Crippen LogP) is 2.35. The van der Waals surface area contributed by atoms with Gasteiger partial charge in [0.25, 0.3) is 5.91 Å². The first-order valence-electron chi connectivity index (χ1n) is 6.03. The molecule has 108 valence electrons. The van der Waals surface area contributed by atoms with E-state index in [9.17, 15) is 14.7 Å². The molecule has 0 radical (unpaired) electrons. The van der Waals surface area contributed by atoms with Crippen molar-refractivity contribution in [3.8, 4) is 11.5 Å². The first-order valence-corrected chi connectivity index (χ1v) is 6.03. The SMILES string of the molecule is COc1ccc(C(=O)O)cc1NC(=O)c1cccc(O)c1. The third kappa shape index (κ3) is 3.30. The largest absolute Gasteiger partial charge is 0.508 e. The maximum absolute atomic E-state index is 12.1. The number of carboxylic acid groups (broad SMARTS) is 1. The fourth-order valence-electron chi connectivity index (χ4n) is 1.78. The van der Waals surface area contributed by atoms with Crippen molar-refractivity contribution in [2.75, 3.05) is 12.4 Å². The van der Waals surface area contributed by atoms with Gasteiger partial charge in [-0.3, -0.25) is 4.79 Å². The van der Waals surface area contributed by atoms with Crippen molar-refractivity contribution < 1.29 is 24.5 Å². The summed E-state index contributed by atoms with van der Waals surface area (Å²) in [5.74, 6) is -1.28. The topological polar surface area (TPSA) is 95.9 Å². The van der Waals surface area contributed by atoms with E-state index < -0.39 is 11.9 Å². The summed E-state index contributed by atoms with van der Waals surface area (Å²) in [6.07, 6.45) is 0. The van der Waals surface area contributed by atoms with Gasteiger partial charge in [-0.2, -0.15) is 0 Å². The molecule has 0 bridgehead atoms. The molecule has 2 rings (SSSR count). The van der Waals surface area contributed by atoms with E-state index in [4.69, 9.17) is 9.84 Å². The summed E-state index contributed by atoms with van der Waals surface area (Å²) in [6, 6.07) is 9.97. The molecule has 0 heterocycles. The van der Waals surface area contributed by atoms with Crippen LogP contribution in [-0.2, 0) is 0 Å². The molecule has 2 aromatic carbocycles. The van der Waals surface area contributed by atoms with Gasteiger partial charge in [-0.15, -0.1) is 0 Å². The van der Waals surface area contributed by atoms with E-state index in [2.05, 4.69) is 5.32 Å². The molecule has 0 aromatic heterocycles. The summed E-state index contributed by atoms with van der Waals surface area (Å²) < 4.78 is 5.08. The second kappa shape index (κ2) is 5.96. The smallest absolute Gasteiger partial charge is 0.335 e. The highest BCUT2D eigenvalue weighted by Crippen LogP contribution is 2.26. The molecular formula is C15H13NO5. The number of amides is 1. The molecule has 0 saturated heterocycles. The number of phenolic OH excluding ortho intramolecular Hbond substituents is 1. The van der Waals surface area contributed by atoms with Gasteiger partial charge < -0.3 is 20.3 Å². The second-order valence-electron chi connectivity index (χ2n) is 4.22. The normalized spacial score (nSPS) is 9.95. The van der Waals surface area contributed by atoms with E-state index in [1.54, 1.807) is 0 Å². The molecule has 0 spiro atoms. The van der Waals surface area contributed by atoms with E-state index in [1.807, 2.05) is 0 Å². The van der Waals surface area contributed by atoms with Gasteiger partial charge in [0.05, 0.1) is 18.4 Å². The molecule has 0 aliphatic carbocycles. The Morgan fingerprint density at radius 3 is 2.48 bits per heavy atom. The van der Waals surface area contributed by atoms with Crippen LogP contribution in [0.1, 0.15) is 20.7 Å². The molecule has 0 aliphatic heterocycles. The van der Waals surface area contributed by atoms with Gasteiger partial charge in [0.2, 0.25) is 0 Å². The van der Waals surface area contributed by atoms with Crippen LogP contribution >= 0.6 is 0 Å². The molecule has 2 aromatic rings. The van der Waals surface area contributed by atoms with Gasteiger partial charge in [-0.05, 0) is 36.4 Å². The minimum atomic E-state index is -1.11. The summed E-state index contributed by atoms with van der Waals surface area (Å²) in [4.78, 5) is 23.1. The molecule has 6 nitrogen and oxygen atoms in total. The number of anilines is 1. The lowest BCUT2D eigenvalue weighted by atomic mass is 10.1. The fraction of sp³-hybridized carbons (Fsp3) is 0.0667. The Balaban J connectivity index is 2.31. The minimum Gasteiger partial charge on any atom is -0.508 e. The van der Waals surface area contributed by atoms with Crippen LogP contribution in [-0.4, -0.2) is 29.2 Å². The van der Waals surface area contributed by atoms with Crippen molar-refractivity contribution in [1.82, 2.24) is 0 Å². The van der Waals surface area contributed by atoms with Crippen LogP contribution in [0.2, 0.25) is 0 Å². The maximum Gasteiger partial charge on any atom is 0.335 e. The van der Waals surface area contributed by atoms with Crippen LogP contribution in [0.5, 0.6) is 11.5 Å². The number of phenols is 1. The first kappa shape index (κ1) is 14.4. The van der Waals surface area contributed by atoms with Gasteiger partial charge in [-0.25, -0.2) is 4.79 Å². The molecule has 0 fully saturated rings. The number of benzene rings is 2. The zero-order chi connectivity index (χ0) is 15.4. The number of hydrogen-bond donors (Lipinski definition) is 3. The Kier molecular flexibility index (Phi) is 4.08. The monoisotopic (exact) mass is 287 g/mol. The molecule has 3 N–H and O–H groups in total. The van der Waals surface area contributed by atoms with Gasteiger partial charge in [0.15, 0.2) is 0 Å². The van der Waals surface area contributed by atoms with E-state index >= 15 is 0 Å². The Labute approximate surface area is 120 Å². The second-order valence-corrected chi connectivity index (χ2v) is 4.22. The number of aromatic carboxylic acids is 1. The van der Waals surface area contributed by atoms with Crippen molar-refractivity contribution in [1.29, 1.82) is 0 Å². The van der Waals surface area contributed by atoms with Gasteiger partial charge in [0, 0.05) is 5.56 Å². The molecule has 0 aliphatic rings. The highest BCUT2D eigenvalue weighted by Gasteiger charge is 2.13. The average molecular weight is 287 g/mol. The Hall–Kier alpha value is -3.02. The highest BCUT2D eigenvalue weighted by atomic mass is 16.5. The predicted molar refractivity (Wildman–Crippen MR) is 76.0 cm³/mol. The molecule has 21 heavy (non-hydrogen) atoms. The minimum absolute atomic E-state index is 0.0296. The van der Waals surface area contributed by atoms with Gasteiger partial charge >= 0.3 is 5.97 Å². The van der Waals surface area contributed by atoms with Crippen LogP contribution in [0.25, 0.3) is 0 Å². The van der Waals surface area contributed by atoms with E-state index in [1.165, 1.54) is 49.6 Å². The molecule has 1 amide bonds. The van der Waals surface area contributed by atoms with Crippen molar-refractivity contribution in [3.63, 3.8) is 0 Å². The lowest BCUT2D eigenvalue weighted by Gasteiger charge is -2.11. The molecule has 0 atom stereocenters. The number of methoxy groups -OCH3 is 1. The Morgan fingerprint density at radius 2 is 1.86 bits per heavy atom. The molecular weight excluding hydrogens is 274 g/mol. The first-order chi connectivity index (χ1) is 10.0. The van der Waals surface area contributed by atoms with E-state index in [-0.39, 0.29) is 22.6 Å². The summed E-state index contributed by atoms with van der Waals surface area (Å²) in [5, 5.41) is 20.9. The lowest BCUT2D eigenvalue weighted by Crippen LogP contribution is -2.13. The van der Waals surface area contributed by atoms with Crippen LogP contribution in [0.15, 0.2) is 42.5 Å². The summed E-state index contributed by atoms with van der Waals surface area (Å²) in [6.45, 7) is 0. The number of ether oxygens (including phenoxy) is 1. The number of carbonyl (C=O) groups is 2. The van der Waals surface area contributed by atoms with E-state index in [0.717, 1.165) is 0 Å². The van der Waals surface area contributed by atoms with Crippen LogP contribution in [0.4, 0.5) is 5.69 Å². The Bertz CT molecular complexity index is 696. The number of carbonyl (C=O) groups excluding carboxylic acids is 1. The summed E-state index contributed by atoms with van der Waals surface area (Å²) >= 11 is 0. The number of aromatic hydroxyl groups is 1. The van der Waals surface area contributed by atoms with Crippen molar-refractivity contribution in [3.05, 3.63) is 53.6 Å². The average Bonchev–Trinajstić information content (AvgIpc) is 2.47. The van der Waals surface area contributed by atoms with E-state index in [0.29, 0.717) is 5.75 Å². The van der Waals surface area contributed by atoms with Crippen molar-refractivity contribution >= 4 is 17.6 Å². The highest BCUT2D eigenvalue weighted by molar-refractivity contribution is 6.05. The number of hydrogen-bond acceptors (Lipinski definition) is 4. The van der Waals surface area contributed by atoms with Gasteiger partial charge in [-0.1, -0.05) is 6.07 Å². The van der Waals surface area contributed by atoms with Gasteiger partial charge in [0.1, 0.15) is 11.5 Å². The molecule has 0 saturated carbocycles. The maximum atomic E-state index is 12.1. The molecule has 6 heteroatoms. The van der Waals surface area contributed by atoms with Crippen LogP contribution in [0.3, 0.4) is 0 Å². The van der Waals surface area contributed by atoms with Crippen LogP contribution in [0, 0.1) is 0 Å². The third-order valence-corrected chi connectivity index (χ3v) is 2.80. The number of carboxylic acids is 1. The summed E-state index contributed by atoms with van der Waals surface area (Å²) in [5.41, 5.74) is 0.519. The molecule has 0 unspecified atom stereocenters. The zero-order valence-electron chi connectivity index (χ0n) is 11.2. The van der Waals surface area contributed by atoms with Crippen molar-refractivity contribution in [2.24, 2.45) is 0 Å². The number of rotatable bonds is 4. The number of nitrogens with one attached hydrogen (secondary N) is 1. The lowest BCUT2D eigenvalue weighted by molar-refractivity contribution is 0.0696. The zero-order valence-corrected chi connectivity index (χ0v) is 11.2. The quantitative estimate of drug-likeness (QED) is 0.802. The van der Waals surface area contributed by atoms with Crippen LogP contribution < -0.4 is 10.1 Å². The Morgan fingerprint density at radius 1 is 1.10 bits per heavy atom. The van der Waals surface area contributed by atoms with Crippen molar-refractivity contribution in [2.45, 2.75) is 0 Å². The third-order valence-electron chi connectivity index (χ3n) is 2.80. The summed E-state index contributed by atoms with van der Waals surface area (Å²) in [7, 11) is 1.42.